The third kappa shape index (κ3) is 9.03. The smallest absolute Gasteiger partial charge is 0.416 e. The number of amides is 1. The van der Waals surface area contributed by atoms with Gasteiger partial charge in [-0.25, -0.2) is 0 Å². The van der Waals surface area contributed by atoms with Crippen LogP contribution >= 0.6 is 11.8 Å². The Morgan fingerprint density at radius 3 is 2.50 bits per heavy atom. The first-order valence-electron chi connectivity index (χ1n) is 15.0. The number of alkyl halides is 3. The number of carbonyl (C=O) groups is 2. The molecule has 4 aromatic rings. The van der Waals surface area contributed by atoms with Gasteiger partial charge in [0.05, 0.1) is 23.4 Å². The lowest BCUT2D eigenvalue weighted by molar-refractivity contribution is -0.138. The van der Waals surface area contributed by atoms with Crippen molar-refractivity contribution in [2.75, 3.05) is 29.1 Å². The second-order valence-corrected chi connectivity index (χ2v) is 12.1. The fraction of sp³-hybridized carbons (Fsp3) is 0.286. The summed E-state index contributed by atoms with van der Waals surface area (Å²) in [4.78, 5) is 31.1. The zero-order valence-corrected chi connectivity index (χ0v) is 25.9. The molecule has 0 atom stereocenters. The second-order valence-electron chi connectivity index (χ2n) is 11.0. The van der Waals surface area contributed by atoms with Crippen LogP contribution in [0.15, 0.2) is 85.1 Å². The lowest BCUT2D eigenvalue weighted by Gasteiger charge is -2.29. The molecule has 0 aliphatic carbocycles. The molecule has 0 radical (unpaired) electrons. The SMILES string of the molecule is O=C(O)CCSCc1cccc(C(=O)Nc2ccc(N3CCCCC3)cc2-c2cc(OCc3cccc(C(F)(F)F)c3)ccn2)c1. The Bertz CT molecular complexity index is 1680. The number of carboxylic acid groups (broad SMARTS) is 1. The number of hydrogen-bond donors (Lipinski definition) is 2. The van der Waals surface area contributed by atoms with Crippen LogP contribution < -0.4 is 15.0 Å². The van der Waals surface area contributed by atoms with Crippen LogP contribution in [0, 0.1) is 0 Å². The van der Waals surface area contributed by atoms with Crippen LogP contribution in [-0.2, 0) is 23.3 Å². The predicted octanol–water partition coefficient (Wildman–Crippen LogP) is 8.30. The standard InChI is InChI=1S/C35H34F3N3O4S/c36-35(37,38)27-9-5-6-24(19-27)22-45-29-12-14-39-32(21-29)30-20-28(41-15-2-1-3-16-41)10-11-31(30)40-34(44)26-8-4-7-25(18-26)23-46-17-13-33(42)43/h4-12,14,18-21H,1-3,13,15-17,22-23H2,(H,40,44)(H,42,43). The minimum absolute atomic E-state index is 0.0598. The van der Waals surface area contributed by atoms with Crippen LogP contribution in [0.1, 0.15) is 52.7 Å². The van der Waals surface area contributed by atoms with Crippen molar-refractivity contribution >= 4 is 35.0 Å². The van der Waals surface area contributed by atoms with E-state index in [1.54, 1.807) is 42.6 Å². The van der Waals surface area contributed by atoms with E-state index in [4.69, 9.17) is 9.84 Å². The van der Waals surface area contributed by atoms with Crippen LogP contribution in [-0.4, -0.2) is 40.8 Å². The zero-order chi connectivity index (χ0) is 32.5. The quantitative estimate of drug-likeness (QED) is 0.149. The molecule has 1 fully saturated rings. The molecule has 1 aliphatic heterocycles. The number of aliphatic carboxylic acids is 1. The van der Waals surface area contributed by atoms with Crippen LogP contribution in [0.5, 0.6) is 5.75 Å². The minimum atomic E-state index is -4.44. The molecule has 0 bridgehead atoms. The number of piperidine rings is 1. The first kappa shape index (κ1) is 32.9. The fourth-order valence-corrected chi connectivity index (χ4v) is 6.08. The maximum absolute atomic E-state index is 13.4. The normalized spacial score (nSPS) is 13.3. The number of rotatable bonds is 12. The van der Waals surface area contributed by atoms with E-state index in [9.17, 15) is 22.8 Å². The Labute approximate surface area is 269 Å². The van der Waals surface area contributed by atoms with Crippen LogP contribution in [0.3, 0.4) is 0 Å². The number of hydrogen-bond acceptors (Lipinski definition) is 6. The monoisotopic (exact) mass is 649 g/mol. The van der Waals surface area contributed by atoms with Gasteiger partial charge in [-0.05, 0) is 78.9 Å². The number of aromatic nitrogens is 1. The number of nitrogens with zero attached hydrogens (tertiary/aromatic N) is 2. The van der Waals surface area contributed by atoms with E-state index >= 15 is 0 Å². The highest BCUT2D eigenvalue weighted by molar-refractivity contribution is 7.98. The highest BCUT2D eigenvalue weighted by Gasteiger charge is 2.30. The Morgan fingerprint density at radius 1 is 0.935 bits per heavy atom. The van der Waals surface area contributed by atoms with Gasteiger partial charge in [-0.3, -0.25) is 14.6 Å². The van der Waals surface area contributed by atoms with Crippen molar-refractivity contribution in [1.82, 2.24) is 4.98 Å². The number of ether oxygens (including phenoxy) is 1. The van der Waals surface area contributed by atoms with Crippen molar-refractivity contribution in [3.8, 4) is 17.0 Å². The average Bonchev–Trinajstić information content (AvgIpc) is 3.06. The van der Waals surface area contributed by atoms with E-state index in [0.717, 1.165) is 49.3 Å². The maximum atomic E-state index is 13.4. The molecule has 240 valence electrons. The molecule has 7 nitrogen and oxygen atoms in total. The van der Waals surface area contributed by atoms with E-state index in [-0.39, 0.29) is 18.9 Å². The number of anilines is 2. The van der Waals surface area contributed by atoms with Gasteiger partial charge >= 0.3 is 12.1 Å². The molecule has 0 spiro atoms. The third-order valence-electron chi connectivity index (χ3n) is 7.56. The number of carboxylic acids is 1. The van der Waals surface area contributed by atoms with Crippen molar-refractivity contribution in [3.05, 3.63) is 107 Å². The molecule has 1 aliphatic rings. The summed E-state index contributed by atoms with van der Waals surface area (Å²) in [6.07, 6.45) is 0.573. The minimum Gasteiger partial charge on any atom is -0.489 e. The fourth-order valence-electron chi connectivity index (χ4n) is 5.20. The van der Waals surface area contributed by atoms with Gasteiger partial charge in [-0.15, -0.1) is 0 Å². The molecule has 3 aromatic carbocycles. The zero-order valence-electron chi connectivity index (χ0n) is 25.1. The summed E-state index contributed by atoms with van der Waals surface area (Å²) in [5, 5.41) is 11.9. The van der Waals surface area contributed by atoms with E-state index < -0.39 is 17.7 Å². The Kier molecular flexibility index (Phi) is 10.8. The Hall–Kier alpha value is -4.51. The third-order valence-corrected chi connectivity index (χ3v) is 8.59. The topological polar surface area (TPSA) is 91.8 Å². The Balaban J connectivity index is 1.37. The molecule has 0 saturated carbocycles. The number of benzene rings is 3. The molecule has 0 unspecified atom stereocenters. The van der Waals surface area contributed by atoms with Gasteiger partial charge in [-0.2, -0.15) is 24.9 Å². The molecule has 5 rings (SSSR count). The summed E-state index contributed by atoms with van der Waals surface area (Å²) in [5.41, 5.74) is 3.81. The molecular weight excluding hydrogens is 615 g/mol. The van der Waals surface area contributed by atoms with Gasteiger partial charge in [0.2, 0.25) is 0 Å². The van der Waals surface area contributed by atoms with Gasteiger partial charge in [0.15, 0.2) is 0 Å². The average molecular weight is 650 g/mol. The summed E-state index contributed by atoms with van der Waals surface area (Å²) in [6.45, 7) is 1.79. The maximum Gasteiger partial charge on any atom is 0.416 e. The first-order valence-corrected chi connectivity index (χ1v) is 16.2. The van der Waals surface area contributed by atoms with E-state index in [1.807, 2.05) is 24.3 Å². The molecule has 1 saturated heterocycles. The summed E-state index contributed by atoms with van der Waals surface area (Å²) >= 11 is 1.49. The second kappa shape index (κ2) is 15.2. The van der Waals surface area contributed by atoms with Crippen LogP contribution in [0.2, 0.25) is 0 Å². The van der Waals surface area contributed by atoms with Crippen molar-refractivity contribution < 1.29 is 32.6 Å². The molecule has 1 amide bonds. The summed E-state index contributed by atoms with van der Waals surface area (Å²) in [6, 6.07) is 21.5. The Morgan fingerprint density at radius 2 is 1.72 bits per heavy atom. The number of carbonyl (C=O) groups excluding carboxylic acids is 1. The van der Waals surface area contributed by atoms with Crippen molar-refractivity contribution in [3.63, 3.8) is 0 Å². The highest BCUT2D eigenvalue weighted by atomic mass is 32.2. The number of pyridine rings is 1. The predicted molar refractivity (Wildman–Crippen MR) is 174 cm³/mol. The van der Waals surface area contributed by atoms with Gasteiger partial charge in [0.25, 0.3) is 5.91 Å². The van der Waals surface area contributed by atoms with E-state index in [1.165, 1.54) is 24.2 Å². The van der Waals surface area contributed by atoms with Crippen molar-refractivity contribution in [1.29, 1.82) is 0 Å². The number of thioether (sulfide) groups is 1. The van der Waals surface area contributed by atoms with Crippen molar-refractivity contribution in [2.24, 2.45) is 0 Å². The number of halogens is 3. The lowest BCUT2D eigenvalue weighted by atomic mass is 10.0. The molecular formula is C35H34F3N3O4S. The largest absolute Gasteiger partial charge is 0.489 e. The summed E-state index contributed by atoms with van der Waals surface area (Å²) in [7, 11) is 0. The molecule has 11 heteroatoms. The molecule has 1 aromatic heterocycles. The van der Waals surface area contributed by atoms with Crippen LogP contribution in [0.25, 0.3) is 11.3 Å². The van der Waals surface area contributed by atoms with Crippen LogP contribution in [0.4, 0.5) is 24.5 Å². The first-order chi connectivity index (χ1) is 22.2. The number of nitrogens with one attached hydrogen (secondary N) is 1. The summed E-state index contributed by atoms with van der Waals surface area (Å²) in [5.74, 6) is 0.345. The van der Waals surface area contributed by atoms with E-state index in [0.29, 0.717) is 45.3 Å². The van der Waals surface area contributed by atoms with Gasteiger partial charge < -0.3 is 20.1 Å². The van der Waals surface area contributed by atoms with Gasteiger partial charge in [-0.1, -0.05) is 24.3 Å². The van der Waals surface area contributed by atoms with Gasteiger partial charge in [0, 0.05) is 53.7 Å². The van der Waals surface area contributed by atoms with E-state index in [2.05, 4.69) is 15.2 Å². The lowest BCUT2D eigenvalue weighted by Crippen LogP contribution is -2.29. The summed E-state index contributed by atoms with van der Waals surface area (Å²) < 4.78 is 45.4. The molecule has 46 heavy (non-hydrogen) atoms. The van der Waals surface area contributed by atoms with Crippen molar-refractivity contribution in [2.45, 2.75) is 44.2 Å². The molecule has 2 heterocycles. The highest BCUT2D eigenvalue weighted by Crippen LogP contribution is 2.35. The molecule has 2 N–H and O–H groups in total. The van der Waals surface area contributed by atoms with Gasteiger partial charge in [0.1, 0.15) is 12.4 Å².